The van der Waals surface area contributed by atoms with Crippen LogP contribution in [0.5, 0.6) is 5.75 Å². The van der Waals surface area contributed by atoms with Gasteiger partial charge in [0, 0.05) is 11.1 Å². The Balaban J connectivity index is 2.30. The molecule has 0 N–H and O–H groups in total. The smallest absolute Gasteiger partial charge is 0.431 e. The van der Waals surface area contributed by atoms with Crippen molar-refractivity contribution in [3.63, 3.8) is 0 Å². The van der Waals surface area contributed by atoms with Crippen molar-refractivity contribution in [1.82, 2.24) is 0 Å². The molecule has 0 radical (unpaired) electrons. The van der Waals surface area contributed by atoms with Crippen molar-refractivity contribution in [3.8, 4) is 5.75 Å². The van der Waals surface area contributed by atoms with Crippen LogP contribution in [0.4, 0.5) is 4.79 Å². The Morgan fingerprint density at radius 3 is 2.33 bits per heavy atom. The molecule has 1 atom stereocenters. The Kier molecular flexibility index (Phi) is 5.84. The summed E-state index contributed by atoms with van der Waals surface area (Å²) in [6.45, 7) is 3.63. The van der Waals surface area contributed by atoms with Gasteiger partial charge in [0.25, 0.3) is 0 Å². The number of rotatable bonds is 6. The summed E-state index contributed by atoms with van der Waals surface area (Å²) >= 11 is 0. The minimum absolute atomic E-state index is 0.0940. The zero-order valence-electron chi connectivity index (χ0n) is 13.5. The van der Waals surface area contributed by atoms with Crippen molar-refractivity contribution < 1.29 is 23.9 Å². The summed E-state index contributed by atoms with van der Waals surface area (Å²) in [5.41, 5.74) is 0.714. The van der Waals surface area contributed by atoms with E-state index in [9.17, 15) is 14.4 Å². The third-order valence-corrected chi connectivity index (χ3v) is 3.53. The summed E-state index contributed by atoms with van der Waals surface area (Å²) in [5, 5.41) is 0. The molecule has 5 heteroatoms. The maximum atomic E-state index is 12.7. The molecule has 0 aliphatic rings. The Morgan fingerprint density at radius 2 is 1.67 bits per heavy atom. The predicted molar refractivity (Wildman–Crippen MR) is 88.6 cm³/mol. The fourth-order valence-electron chi connectivity index (χ4n) is 2.06. The highest BCUT2D eigenvalue weighted by Gasteiger charge is 2.20. The largest absolute Gasteiger partial charge is 0.514 e. The van der Waals surface area contributed by atoms with E-state index in [0.717, 1.165) is 0 Å². The number of hydrogen-bond donors (Lipinski definition) is 0. The summed E-state index contributed by atoms with van der Waals surface area (Å²) in [4.78, 5) is 35.6. The van der Waals surface area contributed by atoms with Crippen LogP contribution in [0.15, 0.2) is 48.5 Å². The molecule has 0 saturated carbocycles. The molecule has 0 saturated heterocycles. The molecule has 0 amide bonds. The van der Waals surface area contributed by atoms with Crippen LogP contribution in [-0.2, 0) is 4.74 Å². The van der Waals surface area contributed by atoms with E-state index in [-0.39, 0.29) is 28.5 Å². The normalized spacial score (nSPS) is 11.4. The summed E-state index contributed by atoms with van der Waals surface area (Å²) in [6, 6.07) is 12.8. The van der Waals surface area contributed by atoms with Crippen LogP contribution < -0.4 is 4.74 Å². The molecule has 124 valence electrons. The molecule has 2 aromatic rings. The number of para-hydroxylation sites is 1. The average Bonchev–Trinajstić information content (AvgIpc) is 2.61. The molecule has 24 heavy (non-hydrogen) atoms. The molecule has 0 aromatic heterocycles. The van der Waals surface area contributed by atoms with Gasteiger partial charge in [-0.1, -0.05) is 43.3 Å². The van der Waals surface area contributed by atoms with Gasteiger partial charge in [-0.2, -0.15) is 0 Å². The third kappa shape index (κ3) is 4.07. The van der Waals surface area contributed by atoms with Gasteiger partial charge in [0.15, 0.2) is 12.1 Å². The zero-order chi connectivity index (χ0) is 17.5. The predicted octanol–water partition coefficient (Wildman–Crippen LogP) is 4.04. The number of benzene rings is 2. The number of aldehydes is 1. The fraction of sp³-hybridized carbons (Fsp3) is 0.211. The molecule has 5 nitrogen and oxygen atoms in total. The minimum Gasteiger partial charge on any atom is -0.431 e. The monoisotopic (exact) mass is 326 g/mol. The van der Waals surface area contributed by atoms with Crippen molar-refractivity contribution >= 4 is 18.2 Å². The zero-order valence-corrected chi connectivity index (χ0v) is 13.5. The first-order valence-electron chi connectivity index (χ1n) is 7.63. The Labute approximate surface area is 140 Å². The lowest BCUT2D eigenvalue weighted by atomic mass is 9.98. The van der Waals surface area contributed by atoms with Gasteiger partial charge in [0.1, 0.15) is 11.9 Å². The van der Waals surface area contributed by atoms with E-state index in [4.69, 9.17) is 9.47 Å². The molecule has 0 aliphatic heterocycles. The molecule has 1 unspecified atom stereocenters. The second-order valence-corrected chi connectivity index (χ2v) is 5.22. The lowest BCUT2D eigenvalue weighted by molar-refractivity contribution is 0.0640. The van der Waals surface area contributed by atoms with Crippen LogP contribution >= 0.6 is 0 Å². The molecule has 0 heterocycles. The molecule has 0 spiro atoms. The van der Waals surface area contributed by atoms with E-state index in [1.54, 1.807) is 43.3 Å². The lowest BCUT2D eigenvalue weighted by Gasteiger charge is -2.13. The molecule has 0 aliphatic carbocycles. The topological polar surface area (TPSA) is 69.7 Å². The van der Waals surface area contributed by atoms with Gasteiger partial charge in [-0.25, -0.2) is 4.79 Å². The highest BCUT2D eigenvalue weighted by Crippen LogP contribution is 2.23. The number of ketones is 1. The first-order valence-corrected chi connectivity index (χ1v) is 7.63. The Morgan fingerprint density at radius 1 is 1.04 bits per heavy atom. The first kappa shape index (κ1) is 17.4. The van der Waals surface area contributed by atoms with Crippen molar-refractivity contribution in [1.29, 1.82) is 0 Å². The van der Waals surface area contributed by atoms with E-state index in [2.05, 4.69) is 0 Å². The molecule has 2 rings (SSSR count). The number of ether oxygens (including phenoxy) is 2. The first-order chi connectivity index (χ1) is 11.6. The van der Waals surface area contributed by atoms with Crippen molar-refractivity contribution in [2.45, 2.75) is 26.4 Å². The van der Waals surface area contributed by atoms with Crippen LogP contribution in [0.1, 0.15) is 46.5 Å². The second kappa shape index (κ2) is 8.06. The van der Waals surface area contributed by atoms with Crippen LogP contribution in [0.25, 0.3) is 0 Å². The van der Waals surface area contributed by atoms with Crippen LogP contribution in [-0.4, -0.2) is 24.3 Å². The van der Waals surface area contributed by atoms with Crippen LogP contribution in [0.3, 0.4) is 0 Å². The third-order valence-electron chi connectivity index (χ3n) is 3.53. The van der Waals surface area contributed by atoms with Crippen molar-refractivity contribution in [2.24, 2.45) is 0 Å². The van der Waals surface area contributed by atoms with Gasteiger partial charge < -0.3 is 9.47 Å². The summed E-state index contributed by atoms with van der Waals surface area (Å²) < 4.78 is 10.2. The van der Waals surface area contributed by atoms with E-state index in [1.165, 1.54) is 12.1 Å². The van der Waals surface area contributed by atoms with E-state index in [0.29, 0.717) is 12.7 Å². The molecule has 0 fully saturated rings. The quantitative estimate of drug-likeness (QED) is 0.347. The minimum atomic E-state index is -0.867. The SMILES string of the molecule is CCC(C)OC(=O)Oc1ccccc1C(=O)c1ccccc1C=O. The number of carbonyl (C=O) groups is 3. The molecular formula is C19H18O5. The molecular weight excluding hydrogens is 308 g/mol. The summed E-state index contributed by atoms with van der Waals surface area (Å²) in [5.74, 6) is -0.304. The van der Waals surface area contributed by atoms with Gasteiger partial charge in [-0.15, -0.1) is 0 Å². The van der Waals surface area contributed by atoms with Crippen molar-refractivity contribution in [2.75, 3.05) is 0 Å². The Bertz CT molecular complexity index is 751. The van der Waals surface area contributed by atoms with Gasteiger partial charge in [0.2, 0.25) is 0 Å². The van der Waals surface area contributed by atoms with Gasteiger partial charge >= 0.3 is 6.16 Å². The van der Waals surface area contributed by atoms with Crippen LogP contribution in [0, 0.1) is 0 Å². The van der Waals surface area contributed by atoms with Crippen molar-refractivity contribution in [3.05, 3.63) is 65.2 Å². The highest BCUT2D eigenvalue weighted by molar-refractivity contribution is 6.14. The van der Waals surface area contributed by atoms with E-state index < -0.39 is 11.9 Å². The second-order valence-electron chi connectivity index (χ2n) is 5.22. The molecule has 2 aromatic carbocycles. The van der Waals surface area contributed by atoms with Gasteiger partial charge in [-0.05, 0) is 25.5 Å². The maximum absolute atomic E-state index is 12.7. The Hall–Kier alpha value is -2.95. The molecule has 0 bridgehead atoms. The number of carbonyl (C=O) groups excluding carboxylic acids is 3. The maximum Gasteiger partial charge on any atom is 0.514 e. The van der Waals surface area contributed by atoms with Gasteiger partial charge in [-0.3, -0.25) is 9.59 Å². The summed E-state index contributed by atoms with van der Waals surface area (Å²) in [7, 11) is 0. The van der Waals surface area contributed by atoms with Crippen LogP contribution in [0.2, 0.25) is 0 Å². The highest BCUT2D eigenvalue weighted by atomic mass is 16.7. The summed E-state index contributed by atoms with van der Waals surface area (Å²) in [6.07, 6.45) is 0.125. The van der Waals surface area contributed by atoms with E-state index in [1.807, 2.05) is 6.92 Å². The standard InChI is InChI=1S/C19H18O5/c1-3-13(2)23-19(22)24-17-11-7-6-10-16(17)18(21)15-9-5-4-8-14(15)12-20/h4-13H,3H2,1-2H3. The van der Waals surface area contributed by atoms with Gasteiger partial charge in [0.05, 0.1) is 5.56 Å². The van der Waals surface area contributed by atoms with E-state index >= 15 is 0 Å². The average molecular weight is 326 g/mol. The fourth-order valence-corrected chi connectivity index (χ4v) is 2.06. The number of hydrogen-bond acceptors (Lipinski definition) is 5. The lowest BCUT2D eigenvalue weighted by Crippen LogP contribution is -2.19.